The Morgan fingerprint density at radius 2 is 1.62 bits per heavy atom. The standard InChI is InChI=1S/C25H26ClNO5/c1-17-4-2-3-5-22(27(30)31)24(16-17)32-23(25(28)29)15-8-18-6-9-19(10-7-18)20-11-13-21(26)14-12-20/h4-7,9-14,16,23,30-31H,2-3,8,15H2,1H3,(H,28,29)/b17-4-,22-5?,24-16+. The van der Waals surface area contributed by atoms with E-state index in [1.54, 1.807) is 12.2 Å². The van der Waals surface area contributed by atoms with Crippen LogP contribution < -0.4 is 0 Å². The van der Waals surface area contributed by atoms with E-state index in [1.165, 1.54) is 0 Å². The molecule has 0 amide bonds. The Hall–Kier alpha value is -3.06. The Balaban J connectivity index is 1.70. The first-order valence-electron chi connectivity index (χ1n) is 10.3. The van der Waals surface area contributed by atoms with Gasteiger partial charge in [0.15, 0.2) is 6.10 Å². The van der Waals surface area contributed by atoms with Crippen LogP contribution in [0.15, 0.2) is 83.8 Å². The number of hydrogen-bond acceptors (Lipinski definition) is 5. The molecule has 168 valence electrons. The topological polar surface area (TPSA) is 90.2 Å². The van der Waals surface area contributed by atoms with E-state index >= 15 is 0 Å². The van der Waals surface area contributed by atoms with Gasteiger partial charge in [0, 0.05) is 5.02 Å². The number of halogens is 1. The molecule has 0 bridgehead atoms. The van der Waals surface area contributed by atoms with Gasteiger partial charge in [-0.05, 0) is 67.5 Å². The zero-order valence-corrected chi connectivity index (χ0v) is 18.5. The minimum absolute atomic E-state index is 0.0241. The van der Waals surface area contributed by atoms with Gasteiger partial charge in [-0.3, -0.25) is 10.4 Å². The summed E-state index contributed by atoms with van der Waals surface area (Å²) in [4.78, 5) is 11.8. The maximum absolute atomic E-state index is 11.8. The molecule has 0 aromatic heterocycles. The summed E-state index contributed by atoms with van der Waals surface area (Å²) in [5.74, 6) is -1.01. The number of aliphatic carboxylic acids is 1. The van der Waals surface area contributed by atoms with Gasteiger partial charge in [-0.1, -0.05) is 65.7 Å². The van der Waals surface area contributed by atoms with Gasteiger partial charge in [0.1, 0.15) is 11.5 Å². The Morgan fingerprint density at radius 3 is 2.22 bits per heavy atom. The van der Waals surface area contributed by atoms with Crippen LogP contribution in [0.3, 0.4) is 0 Å². The highest BCUT2D eigenvalue weighted by molar-refractivity contribution is 6.30. The predicted molar refractivity (Wildman–Crippen MR) is 122 cm³/mol. The average Bonchev–Trinajstić information content (AvgIpc) is 2.75. The average molecular weight is 456 g/mol. The van der Waals surface area contributed by atoms with Crippen LogP contribution in [-0.2, 0) is 16.0 Å². The molecule has 6 nitrogen and oxygen atoms in total. The molecule has 0 heterocycles. The highest BCUT2D eigenvalue weighted by Crippen LogP contribution is 2.25. The van der Waals surface area contributed by atoms with Crippen molar-refractivity contribution in [2.45, 2.75) is 38.7 Å². The van der Waals surface area contributed by atoms with Gasteiger partial charge in [-0.15, -0.1) is 5.23 Å². The van der Waals surface area contributed by atoms with Gasteiger partial charge in [0.2, 0.25) is 0 Å². The molecule has 3 N–H and O–H groups in total. The highest BCUT2D eigenvalue weighted by atomic mass is 35.5. The summed E-state index contributed by atoms with van der Waals surface area (Å²) >= 11 is 5.94. The summed E-state index contributed by atoms with van der Waals surface area (Å²) in [6.07, 6.45) is 6.07. The summed E-state index contributed by atoms with van der Waals surface area (Å²) in [6.45, 7) is 1.85. The first kappa shape index (κ1) is 23.6. The summed E-state index contributed by atoms with van der Waals surface area (Å²) in [6, 6.07) is 15.4. The van der Waals surface area contributed by atoms with Crippen LogP contribution in [0.1, 0.15) is 31.7 Å². The lowest BCUT2D eigenvalue weighted by atomic mass is 10.0. The Kier molecular flexibility index (Phi) is 8.11. The molecule has 0 saturated heterocycles. The smallest absolute Gasteiger partial charge is 0.344 e. The van der Waals surface area contributed by atoms with E-state index in [2.05, 4.69) is 0 Å². The molecule has 0 fully saturated rings. The van der Waals surface area contributed by atoms with E-state index < -0.39 is 12.1 Å². The summed E-state index contributed by atoms with van der Waals surface area (Å²) in [7, 11) is 0. The quantitative estimate of drug-likeness (QED) is 0.423. The van der Waals surface area contributed by atoms with Crippen molar-refractivity contribution < 1.29 is 25.1 Å². The monoisotopic (exact) mass is 455 g/mol. The molecule has 0 radical (unpaired) electrons. The van der Waals surface area contributed by atoms with E-state index in [9.17, 15) is 20.3 Å². The molecule has 0 aliphatic heterocycles. The van der Waals surface area contributed by atoms with Crippen molar-refractivity contribution in [2.75, 3.05) is 0 Å². The number of hydroxylamine groups is 2. The summed E-state index contributed by atoms with van der Waals surface area (Å²) in [5.41, 5.74) is 3.94. The summed E-state index contributed by atoms with van der Waals surface area (Å²) < 4.78 is 5.74. The Labute approximate surface area is 192 Å². The number of nitrogens with zero attached hydrogens (tertiary/aromatic N) is 1. The van der Waals surface area contributed by atoms with Crippen molar-refractivity contribution >= 4 is 17.6 Å². The fourth-order valence-electron chi connectivity index (χ4n) is 3.44. The van der Waals surface area contributed by atoms with Crippen molar-refractivity contribution in [2.24, 2.45) is 0 Å². The molecule has 0 saturated carbocycles. The molecule has 7 heteroatoms. The predicted octanol–water partition coefficient (Wildman–Crippen LogP) is 6.00. The van der Waals surface area contributed by atoms with Crippen LogP contribution in [0.25, 0.3) is 11.1 Å². The van der Waals surface area contributed by atoms with Crippen LogP contribution in [0.4, 0.5) is 0 Å². The molecule has 1 atom stereocenters. The lowest BCUT2D eigenvalue weighted by Crippen LogP contribution is -2.27. The number of allylic oxidation sites excluding steroid dienone is 4. The van der Waals surface area contributed by atoms with Gasteiger partial charge in [-0.25, -0.2) is 4.79 Å². The van der Waals surface area contributed by atoms with E-state index in [0.717, 1.165) is 28.7 Å². The third-order valence-corrected chi connectivity index (χ3v) is 5.42. The van der Waals surface area contributed by atoms with E-state index in [4.69, 9.17) is 16.3 Å². The number of hydrogen-bond donors (Lipinski definition) is 3. The number of ether oxygens (including phenoxy) is 1. The molecule has 32 heavy (non-hydrogen) atoms. The third-order valence-electron chi connectivity index (χ3n) is 5.17. The summed E-state index contributed by atoms with van der Waals surface area (Å²) in [5, 5.41) is 29.5. The lowest BCUT2D eigenvalue weighted by molar-refractivity contribution is -0.279. The molecule has 2 aromatic carbocycles. The number of carbonyl (C=O) groups is 1. The number of aryl methyl sites for hydroxylation is 1. The zero-order chi connectivity index (χ0) is 23.1. The maximum Gasteiger partial charge on any atom is 0.344 e. The Morgan fingerprint density at radius 1 is 1.03 bits per heavy atom. The van der Waals surface area contributed by atoms with E-state index in [1.807, 2.05) is 61.5 Å². The van der Waals surface area contributed by atoms with Crippen molar-refractivity contribution in [3.05, 3.63) is 94.4 Å². The number of benzene rings is 2. The Bertz CT molecular complexity index is 1020. The second-order valence-corrected chi connectivity index (χ2v) is 8.04. The molecule has 1 aliphatic rings. The van der Waals surface area contributed by atoms with E-state index in [-0.39, 0.29) is 23.1 Å². The van der Waals surface area contributed by atoms with Gasteiger partial charge >= 0.3 is 5.97 Å². The number of carboxylic acid groups (broad SMARTS) is 1. The van der Waals surface area contributed by atoms with Crippen LogP contribution in [-0.4, -0.2) is 32.8 Å². The largest absolute Gasteiger partial charge is 0.479 e. The molecule has 0 spiro atoms. The minimum Gasteiger partial charge on any atom is -0.479 e. The molecular formula is C25H26ClNO5. The second-order valence-electron chi connectivity index (χ2n) is 7.60. The first-order valence-corrected chi connectivity index (χ1v) is 10.7. The maximum atomic E-state index is 11.8. The SMILES string of the molecule is CC1=C/CCC=C(N(O)O)/C(OC(CCc2ccc(-c3ccc(Cl)cc3)cc2)C(=O)O)=C\1. The molecule has 1 unspecified atom stereocenters. The van der Waals surface area contributed by atoms with Crippen molar-refractivity contribution in [1.82, 2.24) is 5.23 Å². The first-order chi connectivity index (χ1) is 15.3. The normalized spacial score (nSPS) is 18.2. The van der Waals surface area contributed by atoms with Crippen molar-refractivity contribution in [3.8, 4) is 11.1 Å². The lowest BCUT2D eigenvalue weighted by Gasteiger charge is -2.22. The van der Waals surface area contributed by atoms with Crippen LogP contribution in [0.5, 0.6) is 0 Å². The minimum atomic E-state index is -1.15. The molecule has 3 rings (SSSR count). The fraction of sp³-hybridized carbons (Fsp3) is 0.240. The van der Waals surface area contributed by atoms with Gasteiger partial charge in [-0.2, -0.15) is 0 Å². The van der Waals surface area contributed by atoms with Crippen LogP contribution in [0, 0.1) is 0 Å². The molecule has 1 aliphatic carbocycles. The van der Waals surface area contributed by atoms with Crippen LogP contribution in [0.2, 0.25) is 5.02 Å². The van der Waals surface area contributed by atoms with Gasteiger partial charge in [0.05, 0.1) is 0 Å². The zero-order valence-electron chi connectivity index (χ0n) is 17.7. The van der Waals surface area contributed by atoms with Gasteiger partial charge < -0.3 is 9.84 Å². The number of rotatable bonds is 8. The van der Waals surface area contributed by atoms with Crippen molar-refractivity contribution in [1.29, 1.82) is 0 Å². The van der Waals surface area contributed by atoms with Crippen LogP contribution >= 0.6 is 11.6 Å². The number of carboxylic acids is 1. The second kappa shape index (κ2) is 11.0. The highest BCUT2D eigenvalue weighted by Gasteiger charge is 2.24. The molecular weight excluding hydrogens is 430 g/mol. The van der Waals surface area contributed by atoms with Crippen molar-refractivity contribution in [3.63, 3.8) is 0 Å². The molecule has 2 aromatic rings. The third kappa shape index (κ3) is 6.47. The van der Waals surface area contributed by atoms with Gasteiger partial charge in [0.25, 0.3) is 0 Å². The van der Waals surface area contributed by atoms with E-state index in [0.29, 0.717) is 17.9 Å². The fourth-order valence-corrected chi connectivity index (χ4v) is 3.56.